The smallest absolute Gasteiger partial charge is 0.250 e. The first-order valence-electron chi connectivity index (χ1n) is 10.3. The summed E-state index contributed by atoms with van der Waals surface area (Å²) in [6.07, 6.45) is 8.77. The Balaban J connectivity index is 1.58. The van der Waals surface area contributed by atoms with Crippen molar-refractivity contribution in [3.8, 4) is 5.75 Å². The van der Waals surface area contributed by atoms with E-state index >= 15 is 0 Å². The Morgan fingerprint density at radius 3 is 2.00 bits per heavy atom. The van der Waals surface area contributed by atoms with Crippen molar-refractivity contribution in [1.29, 1.82) is 0 Å². The van der Waals surface area contributed by atoms with E-state index < -0.39 is 0 Å². The van der Waals surface area contributed by atoms with E-state index in [1.54, 1.807) is 6.21 Å². The number of phenolic OH excluding ortho intramolecular Hbond substituents is 1. The van der Waals surface area contributed by atoms with E-state index in [1.165, 1.54) is 12.8 Å². The number of hydrogen-bond donors (Lipinski definition) is 2. The number of nitrogens with zero attached hydrogens (tertiary/aromatic N) is 6. The van der Waals surface area contributed by atoms with Crippen molar-refractivity contribution < 1.29 is 5.11 Å². The van der Waals surface area contributed by atoms with Crippen LogP contribution in [0.15, 0.2) is 17.2 Å². The summed E-state index contributed by atoms with van der Waals surface area (Å²) in [6, 6.07) is 3.80. The van der Waals surface area contributed by atoms with Crippen LogP contribution >= 0.6 is 45.2 Å². The Bertz CT molecular complexity index is 876. The molecule has 1 aromatic carbocycles. The molecule has 0 amide bonds. The topological polar surface area (TPSA) is 89.8 Å². The molecule has 4 rings (SSSR count). The van der Waals surface area contributed by atoms with Gasteiger partial charge in [-0.2, -0.15) is 20.1 Å². The summed E-state index contributed by atoms with van der Waals surface area (Å²) in [5.74, 6) is 2.09. The molecule has 2 aromatic rings. The van der Waals surface area contributed by atoms with Crippen LogP contribution in [0, 0.1) is 7.14 Å². The van der Waals surface area contributed by atoms with Gasteiger partial charge in [-0.1, -0.05) is 0 Å². The number of hydrogen-bond acceptors (Lipinski definition) is 8. The molecular formula is C20H25I2N7O. The highest BCUT2D eigenvalue weighted by Gasteiger charge is 2.20. The summed E-state index contributed by atoms with van der Waals surface area (Å²) in [4.78, 5) is 18.5. The maximum absolute atomic E-state index is 10.3. The second-order valence-electron chi connectivity index (χ2n) is 7.55. The highest BCUT2D eigenvalue weighted by Crippen LogP contribution is 2.26. The fourth-order valence-corrected chi connectivity index (χ4v) is 5.61. The van der Waals surface area contributed by atoms with E-state index in [0.717, 1.165) is 70.9 Å². The molecule has 1 aromatic heterocycles. The molecule has 8 nitrogen and oxygen atoms in total. The predicted molar refractivity (Wildman–Crippen MR) is 137 cm³/mol. The fourth-order valence-electron chi connectivity index (χ4n) is 3.72. The van der Waals surface area contributed by atoms with E-state index in [1.807, 2.05) is 12.1 Å². The van der Waals surface area contributed by atoms with Crippen LogP contribution in [0.3, 0.4) is 0 Å². The summed E-state index contributed by atoms with van der Waals surface area (Å²) in [5.41, 5.74) is 3.61. The zero-order chi connectivity index (χ0) is 20.9. The first-order valence-corrected chi connectivity index (χ1v) is 12.5. The number of halogens is 2. The average Bonchev–Trinajstić information content (AvgIpc) is 2.78. The lowest BCUT2D eigenvalue weighted by Gasteiger charge is -2.30. The third kappa shape index (κ3) is 5.42. The van der Waals surface area contributed by atoms with Crippen LogP contribution in [0.5, 0.6) is 5.75 Å². The number of anilines is 3. The summed E-state index contributed by atoms with van der Waals surface area (Å²) >= 11 is 4.34. The van der Waals surface area contributed by atoms with Gasteiger partial charge in [-0.15, -0.1) is 0 Å². The number of rotatable bonds is 5. The van der Waals surface area contributed by atoms with Crippen LogP contribution < -0.4 is 15.2 Å². The number of benzene rings is 1. The highest BCUT2D eigenvalue weighted by atomic mass is 127. The molecule has 0 aliphatic carbocycles. The van der Waals surface area contributed by atoms with E-state index in [4.69, 9.17) is 4.98 Å². The van der Waals surface area contributed by atoms with Crippen molar-refractivity contribution in [2.75, 3.05) is 41.4 Å². The molecule has 0 radical (unpaired) electrons. The minimum absolute atomic E-state index is 0.222. The van der Waals surface area contributed by atoms with E-state index in [2.05, 4.69) is 75.5 Å². The van der Waals surface area contributed by atoms with Crippen molar-refractivity contribution in [2.24, 2.45) is 5.10 Å². The molecule has 0 atom stereocenters. The van der Waals surface area contributed by atoms with Crippen LogP contribution in [0.25, 0.3) is 0 Å². The molecule has 2 N–H and O–H groups in total. The lowest BCUT2D eigenvalue weighted by atomic mass is 10.1. The lowest BCUT2D eigenvalue weighted by molar-refractivity contribution is 0.470. The SMILES string of the molecule is Oc1c(I)cc(I)cc1/C=N\Nc1nc(N2CCCCC2)nc(N2CCCCC2)n1. The third-order valence-electron chi connectivity index (χ3n) is 5.32. The number of phenols is 1. The van der Waals surface area contributed by atoms with Crippen molar-refractivity contribution >= 4 is 69.2 Å². The molecule has 0 bridgehead atoms. The van der Waals surface area contributed by atoms with E-state index in [0.29, 0.717) is 11.5 Å². The number of nitrogens with one attached hydrogen (secondary N) is 1. The molecule has 0 unspecified atom stereocenters. The second-order valence-corrected chi connectivity index (χ2v) is 9.96. The standard InChI is InChI=1S/C20H25I2N7O/c21-15-11-14(17(30)16(22)12-15)13-23-27-18-24-19(28-7-3-1-4-8-28)26-20(25-18)29-9-5-2-6-10-29/h11-13,30H,1-10H2,(H,24,25,26,27)/b23-13-. The fraction of sp³-hybridized carbons (Fsp3) is 0.500. The van der Waals surface area contributed by atoms with Gasteiger partial charge in [0.05, 0.1) is 9.78 Å². The molecule has 0 saturated carbocycles. The number of aromatic nitrogens is 3. The minimum Gasteiger partial charge on any atom is -0.506 e. The second kappa shape index (κ2) is 10.2. The van der Waals surface area contributed by atoms with Gasteiger partial charge in [0.1, 0.15) is 5.75 Å². The molecule has 30 heavy (non-hydrogen) atoms. The van der Waals surface area contributed by atoms with E-state index in [-0.39, 0.29) is 5.75 Å². The minimum atomic E-state index is 0.222. The van der Waals surface area contributed by atoms with Gasteiger partial charge in [0.15, 0.2) is 0 Å². The Morgan fingerprint density at radius 1 is 0.867 bits per heavy atom. The predicted octanol–water partition coefficient (Wildman–Crippen LogP) is 4.21. The molecule has 10 heteroatoms. The van der Waals surface area contributed by atoms with Gasteiger partial charge in [-0.3, -0.25) is 0 Å². The van der Waals surface area contributed by atoms with Gasteiger partial charge < -0.3 is 14.9 Å². The maximum atomic E-state index is 10.3. The first kappa shape index (κ1) is 21.8. The number of aromatic hydroxyl groups is 1. The average molecular weight is 633 g/mol. The number of piperidine rings is 2. The van der Waals surface area contributed by atoms with Crippen LogP contribution in [0.4, 0.5) is 17.8 Å². The van der Waals surface area contributed by atoms with Gasteiger partial charge in [0.2, 0.25) is 17.8 Å². The molecule has 2 aliphatic heterocycles. The number of hydrazone groups is 1. The van der Waals surface area contributed by atoms with Crippen LogP contribution in [0.1, 0.15) is 44.1 Å². The zero-order valence-electron chi connectivity index (χ0n) is 16.7. The van der Waals surface area contributed by atoms with Gasteiger partial charge in [0.25, 0.3) is 0 Å². The molecule has 2 fully saturated rings. The van der Waals surface area contributed by atoms with Crippen LogP contribution in [-0.2, 0) is 0 Å². The lowest BCUT2D eigenvalue weighted by Crippen LogP contribution is -2.34. The molecule has 3 heterocycles. The van der Waals surface area contributed by atoms with Crippen LogP contribution in [0.2, 0.25) is 0 Å². The zero-order valence-corrected chi connectivity index (χ0v) is 21.0. The summed E-state index contributed by atoms with van der Waals surface area (Å²) in [6.45, 7) is 3.89. The monoisotopic (exact) mass is 633 g/mol. The van der Waals surface area contributed by atoms with Crippen molar-refractivity contribution in [3.05, 3.63) is 24.8 Å². The molecule has 2 aliphatic rings. The summed E-state index contributed by atoms with van der Waals surface area (Å²) in [7, 11) is 0. The van der Waals surface area contributed by atoms with Crippen LogP contribution in [-0.4, -0.2) is 52.5 Å². The molecular weight excluding hydrogens is 608 g/mol. The molecule has 0 spiro atoms. The van der Waals surface area contributed by atoms with E-state index in [9.17, 15) is 5.11 Å². The summed E-state index contributed by atoms with van der Waals surface area (Å²) < 4.78 is 1.83. The molecule has 2 saturated heterocycles. The Hall–Kier alpha value is -1.44. The van der Waals surface area contributed by atoms with Gasteiger partial charge in [-0.25, -0.2) is 5.43 Å². The van der Waals surface area contributed by atoms with Gasteiger partial charge >= 0.3 is 0 Å². The first-order chi connectivity index (χ1) is 14.6. The van der Waals surface area contributed by atoms with Gasteiger partial charge in [0, 0.05) is 35.3 Å². The van der Waals surface area contributed by atoms with Crippen molar-refractivity contribution in [2.45, 2.75) is 38.5 Å². The highest BCUT2D eigenvalue weighted by molar-refractivity contribution is 14.1. The maximum Gasteiger partial charge on any atom is 0.250 e. The largest absolute Gasteiger partial charge is 0.506 e. The summed E-state index contributed by atoms with van der Waals surface area (Å²) in [5, 5.41) is 14.6. The Labute approximate surface area is 203 Å². The Kier molecular flexibility index (Phi) is 7.44. The quantitative estimate of drug-likeness (QED) is 0.290. The van der Waals surface area contributed by atoms with Gasteiger partial charge in [-0.05, 0) is 95.8 Å². The normalized spacial score (nSPS) is 17.5. The van der Waals surface area contributed by atoms with Crippen molar-refractivity contribution in [1.82, 2.24) is 15.0 Å². The third-order valence-corrected chi connectivity index (χ3v) is 6.76. The van der Waals surface area contributed by atoms with Crippen molar-refractivity contribution in [3.63, 3.8) is 0 Å². The molecule has 160 valence electrons. The Morgan fingerprint density at radius 2 is 1.43 bits per heavy atom.